The number of nitrogens with zero attached hydrogens (tertiary/aromatic N) is 2. The summed E-state index contributed by atoms with van der Waals surface area (Å²) < 4.78 is 26.8. The van der Waals surface area contributed by atoms with Crippen molar-refractivity contribution in [2.24, 2.45) is 5.10 Å². The number of anilines is 1. The van der Waals surface area contributed by atoms with Gasteiger partial charge in [0.2, 0.25) is 5.13 Å². The lowest BCUT2D eigenvalue weighted by Gasteiger charge is -1.95. The summed E-state index contributed by atoms with van der Waals surface area (Å²) in [6.45, 7) is 0. The minimum atomic E-state index is -0.895. The molecular weight excluding hydrogens is 280 g/mol. The molecule has 0 saturated heterocycles. The Kier molecular flexibility index (Phi) is 3.39. The molecule has 0 bridgehead atoms. The number of hydrazone groups is 1. The predicted octanol–water partition coefficient (Wildman–Crippen LogP) is 4.02. The zero-order valence-corrected chi connectivity index (χ0v) is 11.0. The van der Waals surface area contributed by atoms with Gasteiger partial charge >= 0.3 is 0 Å². The molecule has 6 heteroatoms. The topological polar surface area (TPSA) is 37.3 Å². The molecule has 3 aromatic rings. The third-order valence-electron chi connectivity index (χ3n) is 2.61. The fourth-order valence-electron chi connectivity index (χ4n) is 1.67. The van der Waals surface area contributed by atoms with E-state index in [0.29, 0.717) is 10.7 Å². The maximum atomic E-state index is 13.0. The zero-order chi connectivity index (χ0) is 13.9. The van der Waals surface area contributed by atoms with Gasteiger partial charge < -0.3 is 0 Å². The highest BCUT2D eigenvalue weighted by Gasteiger charge is 2.02. The van der Waals surface area contributed by atoms with E-state index in [1.54, 1.807) is 0 Å². The first-order valence-corrected chi connectivity index (χ1v) is 6.64. The van der Waals surface area contributed by atoms with Crippen LogP contribution in [0.15, 0.2) is 47.6 Å². The van der Waals surface area contributed by atoms with Crippen LogP contribution in [-0.2, 0) is 0 Å². The van der Waals surface area contributed by atoms with Crippen molar-refractivity contribution in [3.05, 3.63) is 59.7 Å². The fraction of sp³-hybridized carbons (Fsp3) is 0. The van der Waals surface area contributed by atoms with Crippen LogP contribution in [0, 0.1) is 11.6 Å². The van der Waals surface area contributed by atoms with Gasteiger partial charge in [0.1, 0.15) is 0 Å². The van der Waals surface area contributed by atoms with Gasteiger partial charge in [0, 0.05) is 0 Å². The van der Waals surface area contributed by atoms with E-state index in [2.05, 4.69) is 15.5 Å². The van der Waals surface area contributed by atoms with Crippen LogP contribution >= 0.6 is 11.3 Å². The lowest BCUT2D eigenvalue weighted by atomic mass is 10.2. The molecule has 2 aromatic carbocycles. The maximum Gasteiger partial charge on any atom is 0.204 e. The Balaban J connectivity index is 1.75. The Morgan fingerprint density at radius 3 is 2.75 bits per heavy atom. The van der Waals surface area contributed by atoms with E-state index in [-0.39, 0.29) is 0 Å². The summed E-state index contributed by atoms with van der Waals surface area (Å²) in [5.74, 6) is -1.77. The second-order valence-corrected chi connectivity index (χ2v) is 5.06. The Hall–Kier alpha value is -2.34. The number of hydrogen-bond acceptors (Lipinski definition) is 4. The van der Waals surface area contributed by atoms with Gasteiger partial charge in [-0.25, -0.2) is 13.8 Å². The molecule has 1 N–H and O–H groups in total. The quantitative estimate of drug-likeness (QED) is 0.584. The van der Waals surface area contributed by atoms with Crippen LogP contribution < -0.4 is 5.43 Å². The van der Waals surface area contributed by atoms with Crippen LogP contribution in [0.3, 0.4) is 0 Å². The summed E-state index contributed by atoms with van der Waals surface area (Å²) >= 11 is 1.47. The highest BCUT2D eigenvalue weighted by molar-refractivity contribution is 7.22. The van der Waals surface area contributed by atoms with E-state index in [0.717, 1.165) is 22.3 Å². The van der Waals surface area contributed by atoms with Crippen molar-refractivity contribution in [1.82, 2.24) is 4.98 Å². The van der Waals surface area contributed by atoms with Gasteiger partial charge in [-0.1, -0.05) is 29.5 Å². The molecule has 0 amide bonds. The largest absolute Gasteiger partial charge is 0.253 e. The highest BCUT2D eigenvalue weighted by atomic mass is 32.1. The van der Waals surface area contributed by atoms with E-state index in [1.165, 1.54) is 23.6 Å². The molecule has 0 aliphatic rings. The number of fused-ring (bicyclic) bond motifs is 1. The highest BCUT2D eigenvalue weighted by Crippen LogP contribution is 2.25. The predicted molar refractivity (Wildman–Crippen MR) is 77.2 cm³/mol. The lowest BCUT2D eigenvalue weighted by molar-refractivity contribution is 0.508. The molecule has 3 nitrogen and oxygen atoms in total. The van der Waals surface area contributed by atoms with E-state index >= 15 is 0 Å². The number of rotatable bonds is 3. The molecule has 3 rings (SSSR count). The number of hydrogen-bond donors (Lipinski definition) is 1. The van der Waals surface area contributed by atoms with Crippen molar-refractivity contribution >= 4 is 32.9 Å². The minimum Gasteiger partial charge on any atom is -0.253 e. The van der Waals surface area contributed by atoms with Gasteiger partial charge in [-0.05, 0) is 29.8 Å². The molecule has 1 aromatic heterocycles. The second kappa shape index (κ2) is 5.34. The smallest absolute Gasteiger partial charge is 0.204 e. The summed E-state index contributed by atoms with van der Waals surface area (Å²) in [6.07, 6.45) is 1.41. The fourth-order valence-corrected chi connectivity index (χ4v) is 2.49. The number of halogens is 2. The SMILES string of the molecule is Fc1ccc(/C=N/Nc2nc3ccccc3s2)cc1F. The van der Waals surface area contributed by atoms with Crippen molar-refractivity contribution in [2.45, 2.75) is 0 Å². The molecule has 0 saturated carbocycles. The van der Waals surface area contributed by atoms with E-state index in [9.17, 15) is 8.78 Å². The average molecular weight is 289 g/mol. The third-order valence-corrected chi connectivity index (χ3v) is 3.55. The van der Waals surface area contributed by atoms with Crippen LogP contribution in [0.1, 0.15) is 5.56 Å². The number of benzene rings is 2. The molecule has 20 heavy (non-hydrogen) atoms. The summed E-state index contributed by atoms with van der Waals surface area (Å²) in [4.78, 5) is 4.34. The summed E-state index contributed by atoms with van der Waals surface area (Å²) in [5.41, 5.74) is 4.14. The molecule has 0 fully saturated rings. The summed E-state index contributed by atoms with van der Waals surface area (Å²) in [7, 11) is 0. The van der Waals surface area contributed by atoms with Crippen molar-refractivity contribution in [3.8, 4) is 0 Å². The van der Waals surface area contributed by atoms with Gasteiger partial charge in [0.25, 0.3) is 0 Å². The molecule has 0 unspecified atom stereocenters. The summed E-state index contributed by atoms with van der Waals surface area (Å²) in [5, 5.41) is 4.61. The summed E-state index contributed by atoms with van der Waals surface area (Å²) in [6, 6.07) is 11.3. The molecule has 0 atom stereocenters. The number of nitrogens with one attached hydrogen (secondary N) is 1. The van der Waals surface area contributed by atoms with Gasteiger partial charge in [-0.3, -0.25) is 5.43 Å². The first kappa shape index (κ1) is 12.7. The zero-order valence-electron chi connectivity index (χ0n) is 10.2. The Labute approximate surface area is 117 Å². The van der Waals surface area contributed by atoms with Gasteiger partial charge in [-0.2, -0.15) is 5.10 Å². The first-order chi connectivity index (χ1) is 9.72. The number of para-hydroxylation sites is 1. The molecule has 100 valence electrons. The van der Waals surface area contributed by atoms with Gasteiger partial charge in [-0.15, -0.1) is 0 Å². The average Bonchev–Trinajstić information content (AvgIpc) is 2.85. The van der Waals surface area contributed by atoms with Crippen LogP contribution in [0.25, 0.3) is 10.2 Å². The first-order valence-electron chi connectivity index (χ1n) is 5.82. The van der Waals surface area contributed by atoms with Crippen molar-refractivity contribution < 1.29 is 8.78 Å². The molecule has 1 heterocycles. The molecule has 0 radical (unpaired) electrons. The minimum absolute atomic E-state index is 0.470. The van der Waals surface area contributed by atoms with Crippen molar-refractivity contribution in [2.75, 3.05) is 5.43 Å². The standard InChI is InChI=1S/C14H9F2N3S/c15-10-6-5-9(7-11(10)16)8-17-19-14-18-12-3-1-2-4-13(12)20-14/h1-8H,(H,18,19)/b17-8+. The Morgan fingerprint density at radius 1 is 1.10 bits per heavy atom. The van der Waals surface area contributed by atoms with Gasteiger partial charge in [0.05, 0.1) is 16.4 Å². The molecule has 0 aliphatic heterocycles. The lowest BCUT2D eigenvalue weighted by Crippen LogP contribution is -1.91. The Bertz CT molecular complexity index is 750. The van der Waals surface area contributed by atoms with Crippen LogP contribution in [0.5, 0.6) is 0 Å². The molecular formula is C14H9F2N3S. The normalized spacial score (nSPS) is 11.3. The maximum absolute atomic E-state index is 13.0. The third kappa shape index (κ3) is 2.65. The van der Waals surface area contributed by atoms with Crippen LogP contribution in [-0.4, -0.2) is 11.2 Å². The van der Waals surface area contributed by atoms with Crippen molar-refractivity contribution in [3.63, 3.8) is 0 Å². The van der Waals surface area contributed by atoms with Crippen molar-refractivity contribution in [1.29, 1.82) is 0 Å². The molecule has 0 aliphatic carbocycles. The van der Waals surface area contributed by atoms with E-state index < -0.39 is 11.6 Å². The van der Waals surface area contributed by atoms with Gasteiger partial charge in [0.15, 0.2) is 11.6 Å². The monoisotopic (exact) mass is 289 g/mol. The second-order valence-electron chi connectivity index (χ2n) is 4.03. The number of aromatic nitrogens is 1. The van der Waals surface area contributed by atoms with E-state index in [4.69, 9.17) is 0 Å². The number of thiazole rings is 1. The van der Waals surface area contributed by atoms with Crippen LogP contribution in [0.2, 0.25) is 0 Å². The Morgan fingerprint density at radius 2 is 1.95 bits per heavy atom. The molecule has 0 spiro atoms. The van der Waals surface area contributed by atoms with Crippen LogP contribution in [0.4, 0.5) is 13.9 Å². The van der Waals surface area contributed by atoms with E-state index in [1.807, 2.05) is 24.3 Å².